The third-order valence-electron chi connectivity index (χ3n) is 4.64. The lowest BCUT2D eigenvalue weighted by molar-refractivity contribution is 0.0938. The summed E-state index contributed by atoms with van der Waals surface area (Å²) in [6.07, 6.45) is 2.21. The van der Waals surface area contributed by atoms with Gasteiger partial charge in [-0.2, -0.15) is 0 Å². The van der Waals surface area contributed by atoms with E-state index in [1.165, 1.54) is 0 Å². The molecule has 0 fully saturated rings. The molecule has 8 nitrogen and oxygen atoms in total. The van der Waals surface area contributed by atoms with Crippen molar-refractivity contribution in [1.82, 2.24) is 15.5 Å². The van der Waals surface area contributed by atoms with Crippen molar-refractivity contribution in [2.45, 2.75) is 26.0 Å². The molecule has 2 aromatic carbocycles. The number of hydrogen-bond donors (Lipinski definition) is 2. The van der Waals surface area contributed by atoms with Gasteiger partial charge in [-0.1, -0.05) is 29.5 Å². The Bertz CT molecular complexity index is 1190. The average molecular weight is 463 g/mol. The number of ether oxygens (including phenoxy) is 1. The molecular formula is C24H22N4O4S. The van der Waals surface area contributed by atoms with Crippen molar-refractivity contribution in [3.05, 3.63) is 94.3 Å². The summed E-state index contributed by atoms with van der Waals surface area (Å²) >= 11 is 1.16. The third-order valence-corrected chi connectivity index (χ3v) is 5.53. The zero-order chi connectivity index (χ0) is 23.0. The summed E-state index contributed by atoms with van der Waals surface area (Å²) in [6.45, 7) is 2.15. The lowest BCUT2D eigenvalue weighted by atomic mass is 10.1. The van der Waals surface area contributed by atoms with Gasteiger partial charge in [0.05, 0.1) is 6.26 Å². The second-order valence-corrected chi connectivity index (χ2v) is 8.35. The molecule has 168 valence electrons. The molecule has 4 rings (SSSR count). The molecule has 0 saturated heterocycles. The lowest BCUT2D eigenvalue weighted by Gasteiger charge is -2.13. The summed E-state index contributed by atoms with van der Waals surface area (Å²) in [5, 5.41) is 14.5. The number of aromatic nitrogens is 2. The van der Waals surface area contributed by atoms with E-state index in [-0.39, 0.29) is 29.5 Å². The molecule has 0 bridgehead atoms. The van der Waals surface area contributed by atoms with Gasteiger partial charge in [0, 0.05) is 23.7 Å². The van der Waals surface area contributed by atoms with E-state index in [9.17, 15) is 9.59 Å². The third kappa shape index (κ3) is 6.27. The average Bonchev–Trinajstić information content (AvgIpc) is 3.51. The quantitative estimate of drug-likeness (QED) is 0.384. The summed E-state index contributed by atoms with van der Waals surface area (Å²) in [5.74, 6) is 0.965. The van der Waals surface area contributed by atoms with Crippen LogP contribution in [0.1, 0.15) is 37.9 Å². The SMILES string of the molecule is C[C@H](Cc1ccco1)NC(=O)c1ccc(NC(=O)c2nnc(COc3ccccc3)s2)cc1. The second-order valence-electron chi connectivity index (χ2n) is 7.29. The highest BCUT2D eigenvalue weighted by Gasteiger charge is 2.15. The summed E-state index contributed by atoms with van der Waals surface area (Å²) < 4.78 is 10.9. The number of nitrogens with zero attached hydrogens (tertiary/aromatic N) is 2. The number of carbonyl (C=O) groups is 2. The van der Waals surface area contributed by atoms with Crippen LogP contribution >= 0.6 is 11.3 Å². The van der Waals surface area contributed by atoms with Gasteiger partial charge in [-0.25, -0.2) is 0 Å². The zero-order valence-corrected chi connectivity index (χ0v) is 18.7. The Morgan fingerprint density at radius 1 is 1.00 bits per heavy atom. The van der Waals surface area contributed by atoms with E-state index in [1.807, 2.05) is 49.4 Å². The number of carbonyl (C=O) groups excluding carboxylic acids is 2. The highest BCUT2D eigenvalue weighted by atomic mass is 32.1. The minimum Gasteiger partial charge on any atom is -0.486 e. The molecule has 2 heterocycles. The van der Waals surface area contributed by atoms with E-state index < -0.39 is 0 Å². The molecule has 33 heavy (non-hydrogen) atoms. The van der Waals surface area contributed by atoms with Gasteiger partial charge in [-0.05, 0) is 55.5 Å². The molecular weight excluding hydrogens is 440 g/mol. The van der Waals surface area contributed by atoms with E-state index in [2.05, 4.69) is 20.8 Å². The van der Waals surface area contributed by atoms with Crippen molar-refractivity contribution in [3.63, 3.8) is 0 Å². The van der Waals surface area contributed by atoms with Crippen LogP contribution in [0.4, 0.5) is 5.69 Å². The first-order chi connectivity index (χ1) is 16.1. The van der Waals surface area contributed by atoms with Crippen LogP contribution in [0.15, 0.2) is 77.4 Å². The van der Waals surface area contributed by atoms with Crippen LogP contribution in [-0.2, 0) is 13.0 Å². The number of hydrogen-bond acceptors (Lipinski definition) is 7. The van der Waals surface area contributed by atoms with Gasteiger partial charge in [0.1, 0.15) is 18.1 Å². The monoisotopic (exact) mass is 462 g/mol. The Hall–Kier alpha value is -3.98. The second kappa shape index (κ2) is 10.6. The minimum absolute atomic E-state index is 0.0829. The van der Waals surface area contributed by atoms with Crippen molar-refractivity contribution in [2.75, 3.05) is 5.32 Å². The van der Waals surface area contributed by atoms with Gasteiger partial charge in [-0.3, -0.25) is 9.59 Å². The first-order valence-electron chi connectivity index (χ1n) is 10.3. The zero-order valence-electron chi connectivity index (χ0n) is 17.9. The van der Waals surface area contributed by atoms with Crippen molar-refractivity contribution in [3.8, 4) is 5.75 Å². The van der Waals surface area contributed by atoms with E-state index >= 15 is 0 Å². The van der Waals surface area contributed by atoms with E-state index in [1.54, 1.807) is 30.5 Å². The normalized spacial score (nSPS) is 11.5. The van der Waals surface area contributed by atoms with Gasteiger partial charge < -0.3 is 19.8 Å². The molecule has 2 N–H and O–H groups in total. The van der Waals surface area contributed by atoms with Crippen LogP contribution in [0.2, 0.25) is 0 Å². The number of furan rings is 1. The number of nitrogens with one attached hydrogen (secondary N) is 2. The number of para-hydroxylation sites is 1. The molecule has 1 atom stereocenters. The Morgan fingerprint density at radius 3 is 2.52 bits per heavy atom. The molecule has 0 saturated carbocycles. The number of anilines is 1. The number of amides is 2. The molecule has 4 aromatic rings. The minimum atomic E-state index is -0.372. The Balaban J connectivity index is 1.28. The van der Waals surface area contributed by atoms with Crippen molar-refractivity contribution in [2.24, 2.45) is 0 Å². The Morgan fingerprint density at radius 2 is 1.79 bits per heavy atom. The number of benzene rings is 2. The van der Waals surface area contributed by atoms with Gasteiger partial charge >= 0.3 is 0 Å². The first-order valence-corrected chi connectivity index (χ1v) is 11.1. The smallest absolute Gasteiger partial charge is 0.286 e. The molecule has 0 spiro atoms. The topological polar surface area (TPSA) is 106 Å². The predicted molar refractivity (Wildman–Crippen MR) is 124 cm³/mol. The molecule has 0 unspecified atom stereocenters. The van der Waals surface area contributed by atoms with Crippen molar-refractivity contribution >= 4 is 28.8 Å². The van der Waals surface area contributed by atoms with E-state index in [0.717, 1.165) is 22.8 Å². The predicted octanol–water partition coefficient (Wildman–Crippen LogP) is 4.32. The van der Waals surface area contributed by atoms with Crippen molar-refractivity contribution in [1.29, 1.82) is 0 Å². The number of rotatable bonds is 9. The maximum atomic E-state index is 12.5. The maximum absolute atomic E-state index is 12.5. The summed E-state index contributed by atoms with van der Waals surface area (Å²) in [7, 11) is 0. The summed E-state index contributed by atoms with van der Waals surface area (Å²) in [6, 6.07) is 19.6. The molecule has 2 aromatic heterocycles. The van der Waals surface area contributed by atoms with Crippen LogP contribution in [-0.4, -0.2) is 28.1 Å². The van der Waals surface area contributed by atoms with Crippen molar-refractivity contribution < 1.29 is 18.7 Å². The van der Waals surface area contributed by atoms with E-state index in [0.29, 0.717) is 22.7 Å². The fraction of sp³-hybridized carbons (Fsp3) is 0.167. The van der Waals surface area contributed by atoms with Crippen LogP contribution in [0.5, 0.6) is 5.75 Å². The molecule has 9 heteroatoms. The summed E-state index contributed by atoms with van der Waals surface area (Å²) in [5.41, 5.74) is 1.05. The van der Waals surface area contributed by atoms with Gasteiger partial charge in [0.2, 0.25) is 5.01 Å². The Kier molecular flexibility index (Phi) is 7.11. The van der Waals surface area contributed by atoms with Gasteiger partial charge in [0.25, 0.3) is 11.8 Å². The van der Waals surface area contributed by atoms with Gasteiger partial charge in [0.15, 0.2) is 5.01 Å². The first kappa shape index (κ1) is 22.2. The van der Waals surface area contributed by atoms with Crippen LogP contribution in [0.3, 0.4) is 0 Å². The standard InChI is InChI=1S/C24H22N4O4S/c1-16(14-20-8-5-13-31-20)25-22(29)17-9-11-18(12-10-17)26-23(30)24-28-27-21(33-24)15-32-19-6-3-2-4-7-19/h2-13,16H,14-15H2,1H3,(H,25,29)(H,26,30)/t16-/m1/s1. The molecule has 0 aliphatic carbocycles. The van der Waals surface area contributed by atoms with Crippen LogP contribution < -0.4 is 15.4 Å². The van der Waals surface area contributed by atoms with Crippen LogP contribution in [0.25, 0.3) is 0 Å². The summed E-state index contributed by atoms with van der Waals surface area (Å²) in [4.78, 5) is 24.9. The largest absolute Gasteiger partial charge is 0.486 e. The highest BCUT2D eigenvalue weighted by Crippen LogP contribution is 2.17. The van der Waals surface area contributed by atoms with E-state index in [4.69, 9.17) is 9.15 Å². The highest BCUT2D eigenvalue weighted by molar-refractivity contribution is 7.13. The maximum Gasteiger partial charge on any atom is 0.286 e. The molecule has 2 amide bonds. The lowest BCUT2D eigenvalue weighted by Crippen LogP contribution is -2.33. The molecule has 0 aliphatic heterocycles. The fourth-order valence-corrected chi connectivity index (χ4v) is 3.69. The fourth-order valence-electron chi connectivity index (χ4n) is 3.04. The molecule has 0 radical (unpaired) electrons. The Labute approximate surface area is 194 Å². The van der Waals surface area contributed by atoms with Gasteiger partial charge in [-0.15, -0.1) is 10.2 Å². The van der Waals surface area contributed by atoms with Crippen LogP contribution in [0, 0.1) is 0 Å². The molecule has 0 aliphatic rings.